The van der Waals surface area contributed by atoms with Gasteiger partial charge < -0.3 is 19.4 Å². The van der Waals surface area contributed by atoms with E-state index in [9.17, 15) is 15.0 Å². The molecule has 2 aromatic rings. The van der Waals surface area contributed by atoms with E-state index in [4.69, 9.17) is 4.42 Å². The summed E-state index contributed by atoms with van der Waals surface area (Å²) in [7, 11) is 0. The Labute approximate surface area is 100 Å². The number of aromatic nitrogens is 2. The van der Waals surface area contributed by atoms with Crippen molar-refractivity contribution >= 4 is 17.7 Å². The molecule has 0 saturated heterocycles. The van der Waals surface area contributed by atoms with Gasteiger partial charge in [-0.2, -0.15) is 0 Å². The van der Waals surface area contributed by atoms with Gasteiger partial charge in [0, 0.05) is 5.75 Å². The van der Waals surface area contributed by atoms with Crippen LogP contribution >= 0.6 is 11.8 Å². The summed E-state index contributed by atoms with van der Waals surface area (Å²) in [6.07, 6.45) is 0. The molecule has 0 atom stereocenters. The summed E-state index contributed by atoms with van der Waals surface area (Å²) in [5.41, 5.74) is 0.403. The van der Waals surface area contributed by atoms with Crippen molar-refractivity contribution in [1.29, 1.82) is 0 Å². The van der Waals surface area contributed by atoms with Crippen molar-refractivity contribution in [2.24, 2.45) is 0 Å². The molecule has 0 aliphatic heterocycles. The van der Waals surface area contributed by atoms with E-state index in [1.54, 1.807) is 18.2 Å². The fourth-order valence-corrected chi connectivity index (χ4v) is 1.63. The number of benzene rings is 1. The van der Waals surface area contributed by atoms with Gasteiger partial charge in [0.05, 0.1) is 11.5 Å². The fourth-order valence-electron chi connectivity index (χ4n) is 1.15. The third kappa shape index (κ3) is 2.76. The number of rotatable bonds is 4. The van der Waals surface area contributed by atoms with Gasteiger partial charge in [-0.05, 0) is 12.1 Å². The maximum Gasteiger partial charge on any atom is 0.277 e. The van der Waals surface area contributed by atoms with E-state index in [0.717, 1.165) is 11.8 Å². The van der Waals surface area contributed by atoms with Crippen LogP contribution in [-0.4, -0.2) is 27.0 Å². The second-order valence-corrected chi connectivity index (χ2v) is 3.98. The fraction of sp³-hybridized carbons (Fsp3) is 0.100. The molecule has 0 radical (unpaired) electrons. The molecule has 0 unspecified atom stereocenters. The maximum absolute atomic E-state index is 10.2. The zero-order valence-electron chi connectivity index (χ0n) is 8.49. The van der Waals surface area contributed by atoms with E-state index in [0.29, 0.717) is 5.56 Å². The number of hydrogen-bond donors (Lipinski definition) is 1. The third-order valence-electron chi connectivity index (χ3n) is 1.85. The van der Waals surface area contributed by atoms with Crippen molar-refractivity contribution in [3.8, 4) is 17.2 Å². The molecule has 1 aromatic carbocycles. The Morgan fingerprint density at radius 1 is 1.41 bits per heavy atom. The molecule has 0 aliphatic carbocycles. The van der Waals surface area contributed by atoms with E-state index in [2.05, 4.69) is 10.2 Å². The molecule has 6 nitrogen and oxygen atoms in total. The van der Waals surface area contributed by atoms with E-state index >= 15 is 0 Å². The minimum Gasteiger partial charge on any atom is -0.549 e. The third-order valence-corrected chi connectivity index (χ3v) is 2.65. The molecule has 7 heteroatoms. The summed E-state index contributed by atoms with van der Waals surface area (Å²) < 4.78 is 5.19. The average Bonchev–Trinajstić information content (AvgIpc) is 2.75. The largest absolute Gasteiger partial charge is 0.549 e. The summed E-state index contributed by atoms with van der Waals surface area (Å²) in [6, 6.07) is 6.50. The van der Waals surface area contributed by atoms with Gasteiger partial charge in [0.2, 0.25) is 0 Å². The lowest BCUT2D eigenvalue weighted by atomic mass is 10.2. The number of nitrogens with zero attached hydrogens (tertiary/aromatic N) is 2. The van der Waals surface area contributed by atoms with Gasteiger partial charge in [-0.1, -0.05) is 23.9 Å². The SMILES string of the molecule is O=C([O-])CSc1nnc(-c2ccccc2O)o1. The molecule has 0 fully saturated rings. The van der Waals surface area contributed by atoms with Crippen LogP contribution in [0.4, 0.5) is 0 Å². The van der Waals surface area contributed by atoms with Crippen molar-refractivity contribution in [3.05, 3.63) is 24.3 Å². The van der Waals surface area contributed by atoms with Crippen molar-refractivity contribution in [1.82, 2.24) is 10.2 Å². The maximum atomic E-state index is 10.2. The zero-order valence-corrected chi connectivity index (χ0v) is 9.31. The van der Waals surface area contributed by atoms with Crippen LogP contribution in [0.25, 0.3) is 11.5 Å². The molecule has 1 aromatic heterocycles. The van der Waals surface area contributed by atoms with E-state index in [-0.39, 0.29) is 22.6 Å². The predicted molar refractivity (Wildman–Crippen MR) is 57.1 cm³/mol. The highest BCUT2D eigenvalue weighted by molar-refractivity contribution is 7.99. The second kappa shape index (κ2) is 4.88. The molecular weight excluding hydrogens is 244 g/mol. The van der Waals surface area contributed by atoms with Gasteiger partial charge in [0.15, 0.2) is 0 Å². The Morgan fingerprint density at radius 2 is 2.18 bits per heavy atom. The van der Waals surface area contributed by atoms with Crippen LogP contribution in [0.2, 0.25) is 0 Å². The zero-order chi connectivity index (χ0) is 12.3. The van der Waals surface area contributed by atoms with Crippen LogP contribution in [0.15, 0.2) is 33.9 Å². The van der Waals surface area contributed by atoms with Gasteiger partial charge in [-0.3, -0.25) is 0 Å². The molecular formula is C10H7N2O4S-. The topological polar surface area (TPSA) is 99.3 Å². The molecule has 0 spiro atoms. The molecule has 88 valence electrons. The summed E-state index contributed by atoms with van der Waals surface area (Å²) >= 11 is 0.866. The Morgan fingerprint density at radius 3 is 2.88 bits per heavy atom. The van der Waals surface area contributed by atoms with Crippen LogP contribution in [0.5, 0.6) is 5.75 Å². The highest BCUT2D eigenvalue weighted by Crippen LogP contribution is 2.29. The van der Waals surface area contributed by atoms with Crippen molar-refractivity contribution in [3.63, 3.8) is 0 Å². The molecule has 17 heavy (non-hydrogen) atoms. The highest BCUT2D eigenvalue weighted by atomic mass is 32.2. The number of phenolic OH excluding ortho intramolecular Hbond substituents is 1. The summed E-state index contributed by atoms with van der Waals surface area (Å²) in [5, 5.41) is 27.3. The predicted octanol–water partition coefficient (Wildman–Crippen LogP) is 0.284. The first kappa shape index (κ1) is 11.5. The number of carboxylic acids is 1. The molecule has 0 aliphatic rings. The molecule has 1 N–H and O–H groups in total. The van der Waals surface area contributed by atoms with Gasteiger partial charge in [-0.15, -0.1) is 10.2 Å². The number of aromatic hydroxyl groups is 1. The Balaban J connectivity index is 2.18. The van der Waals surface area contributed by atoms with E-state index < -0.39 is 5.97 Å². The number of carbonyl (C=O) groups excluding carboxylic acids is 1. The Bertz CT molecular complexity index is 541. The first-order valence-electron chi connectivity index (χ1n) is 4.61. The number of phenols is 1. The van der Waals surface area contributed by atoms with Crippen LogP contribution in [0.3, 0.4) is 0 Å². The van der Waals surface area contributed by atoms with Crippen molar-refractivity contribution in [2.45, 2.75) is 5.22 Å². The van der Waals surface area contributed by atoms with Crippen LogP contribution < -0.4 is 5.11 Å². The molecule has 1 heterocycles. The van der Waals surface area contributed by atoms with Gasteiger partial charge >= 0.3 is 0 Å². The summed E-state index contributed by atoms with van der Waals surface area (Å²) in [4.78, 5) is 10.2. The van der Waals surface area contributed by atoms with E-state index in [1.807, 2.05) is 0 Å². The van der Waals surface area contributed by atoms with Gasteiger partial charge in [0.25, 0.3) is 11.1 Å². The monoisotopic (exact) mass is 251 g/mol. The minimum atomic E-state index is -1.21. The minimum absolute atomic E-state index is 0.0209. The van der Waals surface area contributed by atoms with Crippen LogP contribution in [0, 0.1) is 0 Å². The Kier molecular flexibility index (Phi) is 3.29. The smallest absolute Gasteiger partial charge is 0.277 e. The number of hydrogen-bond acceptors (Lipinski definition) is 7. The quantitative estimate of drug-likeness (QED) is 0.779. The van der Waals surface area contributed by atoms with Crippen LogP contribution in [-0.2, 0) is 4.79 Å². The second-order valence-electron chi connectivity index (χ2n) is 3.05. The Hall–Kier alpha value is -2.02. The average molecular weight is 251 g/mol. The number of carboxylic acid groups (broad SMARTS) is 1. The van der Waals surface area contributed by atoms with Crippen molar-refractivity contribution in [2.75, 3.05) is 5.75 Å². The lowest BCUT2D eigenvalue weighted by molar-refractivity contribution is -0.301. The summed E-state index contributed by atoms with van der Waals surface area (Å²) in [5.74, 6) is -1.31. The number of thioether (sulfide) groups is 1. The molecule has 0 saturated carbocycles. The molecule has 2 rings (SSSR count). The number of para-hydroxylation sites is 1. The lowest BCUT2D eigenvalue weighted by Gasteiger charge is -1.98. The van der Waals surface area contributed by atoms with E-state index in [1.165, 1.54) is 6.07 Å². The normalized spacial score (nSPS) is 10.4. The number of carbonyl (C=O) groups is 1. The highest BCUT2D eigenvalue weighted by Gasteiger charge is 2.11. The molecule has 0 bridgehead atoms. The number of aliphatic carboxylic acids is 1. The van der Waals surface area contributed by atoms with Gasteiger partial charge in [0.1, 0.15) is 5.75 Å². The first-order valence-corrected chi connectivity index (χ1v) is 5.60. The lowest BCUT2D eigenvalue weighted by Crippen LogP contribution is -2.24. The molecule has 0 amide bonds. The summed E-state index contributed by atoms with van der Waals surface area (Å²) in [6.45, 7) is 0. The standard InChI is InChI=1S/C10H8N2O4S/c13-7-4-2-1-3-6(7)9-11-12-10(16-9)17-5-8(14)15/h1-4,13H,5H2,(H,14,15)/p-1. The van der Waals surface area contributed by atoms with Crippen LogP contribution in [0.1, 0.15) is 0 Å². The van der Waals surface area contributed by atoms with Crippen molar-refractivity contribution < 1.29 is 19.4 Å². The van der Waals surface area contributed by atoms with Gasteiger partial charge in [-0.25, -0.2) is 0 Å². The first-order chi connectivity index (χ1) is 8.16.